The van der Waals surface area contributed by atoms with Crippen molar-refractivity contribution in [3.63, 3.8) is 0 Å². The van der Waals surface area contributed by atoms with Crippen LogP contribution in [-0.2, 0) is 28.8 Å². The third-order valence-corrected chi connectivity index (χ3v) is 6.75. The van der Waals surface area contributed by atoms with Gasteiger partial charge in [-0.1, -0.05) is 30.3 Å². The molecule has 2 aromatic rings. The number of aryl methyl sites for hydroxylation is 1. The predicted molar refractivity (Wildman–Crippen MR) is 141 cm³/mol. The van der Waals surface area contributed by atoms with Crippen molar-refractivity contribution < 1.29 is 19.4 Å². The highest BCUT2D eigenvalue weighted by atomic mass is 16.5. The standard InChI is InChI=1S/C30H40N2O4/c1-4-35-29(34)12-8-5-9-22-13-14-26(19-31)28(17-22)36-21-27(33)20-32-30(2,3)18-23-15-24-10-6-7-11-25(24)16-23/h6-7,10-11,13-14,17,23,27,32-33H,4-5,8-9,12,15-16,18,20-21H2,1-3H3. The summed E-state index contributed by atoms with van der Waals surface area (Å²) in [5.74, 6) is 0.930. The van der Waals surface area contributed by atoms with Gasteiger partial charge in [0.15, 0.2) is 0 Å². The SMILES string of the molecule is CCOC(=O)CCCCc1ccc(C#N)c(OCC(O)CNC(C)(C)CC2Cc3ccccc3C2)c1. The van der Waals surface area contributed by atoms with E-state index >= 15 is 0 Å². The summed E-state index contributed by atoms with van der Waals surface area (Å²) in [4.78, 5) is 11.5. The van der Waals surface area contributed by atoms with Crippen molar-refractivity contribution in [1.82, 2.24) is 5.32 Å². The third-order valence-electron chi connectivity index (χ3n) is 6.75. The van der Waals surface area contributed by atoms with Gasteiger partial charge >= 0.3 is 5.97 Å². The van der Waals surface area contributed by atoms with Crippen molar-refractivity contribution in [2.45, 2.75) is 77.4 Å². The van der Waals surface area contributed by atoms with Crippen LogP contribution in [0.1, 0.15) is 68.7 Å². The third kappa shape index (κ3) is 8.65. The minimum atomic E-state index is -0.690. The molecule has 194 valence electrons. The molecule has 0 aromatic heterocycles. The van der Waals surface area contributed by atoms with Crippen LogP contribution < -0.4 is 10.1 Å². The van der Waals surface area contributed by atoms with Crippen LogP contribution in [0.15, 0.2) is 42.5 Å². The molecule has 1 aliphatic rings. The molecule has 0 heterocycles. The number of nitriles is 1. The number of nitrogens with zero attached hydrogens (tertiary/aromatic N) is 1. The smallest absolute Gasteiger partial charge is 0.305 e. The van der Waals surface area contributed by atoms with E-state index in [4.69, 9.17) is 9.47 Å². The van der Waals surface area contributed by atoms with E-state index < -0.39 is 6.10 Å². The first kappa shape index (κ1) is 27.7. The lowest BCUT2D eigenvalue weighted by Gasteiger charge is -2.30. The number of ether oxygens (including phenoxy) is 2. The van der Waals surface area contributed by atoms with Crippen LogP contribution in [0.3, 0.4) is 0 Å². The number of rotatable bonds is 14. The maximum Gasteiger partial charge on any atom is 0.305 e. The van der Waals surface area contributed by atoms with Gasteiger partial charge in [-0.15, -0.1) is 0 Å². The second-order valence-electron chi connectivity index (χ2n) is 10.4. The van der Waals surface area contributed by atoms with E-state index in [0.717, 1.165) is 44.1 Å². The number of esters is 1. The Hall–Kier alpha value is -2.88. The largest absolute Gasteiger partial charge is 0.489 e. The zero-order chi connectivity index (χ0) is 26.0. The number of hydrogen-bond acceptors (Lipinski definition) is 6. The van der Waals surface area contributed by atoms with E-state index in [2.05, 4.69) is 49.5 Å². The number of aliphatic hydroxyl groups excluding tert-OH is 1. The summed E-state index contributed by atoms with van der Waals surface area (Å²) in [7, 11) is 0. The lowest BCUT2D eigenvalue weighted by Crippen LogP contribution is -2.46. The predicted octanol–water partition coefficient (Wildman–Crippen LogP) is 4.75. The van der Waals surface area contributed by atoms with E-state index in [9.17, 15) is 15.2 Å². The molecule has 36 heavy (non-hydrogen) atoms. The molecular formula is C30H40N2O4. The van der Waals surface area contributed by atoms with Gasteiger partial charge < -0.3 is 19.9 Å². The summed E-state index contributed by atoms with van der Waals surface area (Å²) >= 11 is 0. The van der Waals surface area contributed by atoms with Gasteiger partial charge in [0.1, 0.15) is 24.5 Å². The fourth-order valence-electron chi connectivity index (χ4n) is 4.99. The Morgan fingerprint density at radius 1 is 1.19 bits per heavy atom. The molecule has 0 saturated heterocycles. The van der Waals surface area contributed by atoms with Crippen LogP contribution in [0.2, 0.25) is 0 Å². The van der Waals surface area contributed by atoms with Crippen LogP contribution >= 0.6 is 0 Å². The number of benzene rings is 2. The zero-order valence-corrected chi connectivity index (χ0v) is 21.9. The summed E-state index contributed by atoms with van der Waals surface area (Å²) in [6, 6.07) is 16.4. The summed E-state index contributed by atoms with van der Waals surface area (Å²) in [6.45, 7) is 7.11. The van der Waals surface area contributed by atoms with Gasteiger partial charge in [0.25, 0.3) is 0 Å². The number of nitrogens with one attached hydrogen (secondary N) is 1. The van der Waals surface area contributed by atoms with E-state index in [0.29, 0.717) is 36.8 Å². The van der Waals surface area contributed by atoms with Gasteiger partial charge in [0.2, 0.25) is 0 Å². The molecule has 2 aromatic carbocycles. The van der Waals surface area contributed by atoms with Crippen LogP contribution in [0.25, 0.3) is 0 Å². The van der Waals surface area contributed by atoms with Crippen molar-refractivity contribution >= 4 is 5.97 Å². The van der Waals surface area contributed by atoms with Crippen molar-refractivity contribution in [2.24, 2.45) is 5.92 Å². The number of aliphatic hydroxyl groups is 1. The number of β-amino-alcohol motifs (C(OH)–C–C–N with tert-alkyl or cyclic N) is 1. The molecule has 0 amide bonds. The van der Waals surface area contributed by atoms with Crippen molar-refractivity contribution in [3.8, 4) is 11.8 Å². The number of carbonyl (C=O) groups is 1. The second-order valence-corrected chi connectivity index (χ2v) is 10.4. The molecular weight excluding hydrogens is 452 g/mol. The van der Waals surface area contributed by atoms with Gasteiger partial charge in [0, 0.05) is 18.5 Å². The molecule has 1 atom stereocenters. The topological polar surface area (TPSA) is 91.6 Å². The minimum absolute atomic E-state index is 0.102. The molecule has 0 bridgehead atoms. The molecule has 0 spiro atoms. The van der Waals surface area contributed by atoms with E-state index in [1.807, 2.05) is 12.1 Å². The van der Waals surface area contributed by atoms with Gasteiger partial charge in [-0.3, -0.25) is 4.79 Å². The quantitative estimate of drug-likeness (QED) is 0.292. The Labute approximate surface area is 215 Å². The molecule has 0 aliphatic heterocycles. The maximum absolute atomic E-state index is 11.5. The van der Waals surface area contributed by atoms with Gasteiger partial charge in [0.05, 0.1) is 12.2 Å². The van der Waals surface area contributed by atoms with Crippen LogP contribution in [0, 0.1) is 17.2 Å². The Balaban J connectivity index is 1.42. The summed E-state index contributed by atoms with van der Waals surface area (Å²) in [5, 5.41) is 23.5. The average molecular weight is 493 g/mol. The normalized spacial score (nSPS) is 14.2. The highest BCUT2D eigenvalue weighted by molar-refractivity contribution is 5.69. The number of carbonyl (C=O) groups excluding carboxylic acids is 1. The van der Waals surface area contributed by atoms with Crippen molar-refractivity contribution in [1.29, 1.82) is 5.26 Å². The summed E-state index contributed by atoms with van der Waals surface area (Å²) in [5.41, 5.74) is 4.31. The monoisotopic (exact) mass is 492 g/mol. The van der Waals surface area contributed by atoms with Gasteiger partial charge in [-0.2, -0.15) is 5.26 Å². The maximum atomic E-state index is 11.5. The van der Waals surface area contributed by atoms with Crippen LogP contribution in [-0.4, -0.2) is 42.5 Å². The fourth-order valence-corrected chi connectivity index (χ4v) is 4.99. The Kier molecular flexibility index (Phi) is 10.3. The molecule has 0 saturated carbocycles. The molecule has 0 fully saturated rings. The first-order valence-corrected chi connectivity index (χ1v) is 13.1. The van der Waals surface area contributed by atoms with Crippen LogP contribution in [0.4, 0.5) is 0 Å². The lowest BCUT2D eigenvalue weighted by molar-refractivity contribution is -0.143. The fraction of sp³-hybridized carbons (Fsp3) is 0.533. The second kappa shape index (κ2) is 13.4. The highest BCUT2D eigenvalue weighted by Crippen LogP contribution is 2.32. The van der Waals surface area contributed by atoms with E-state index in [1.165, 1.54) is 11.1 Å². The Bertz CT molecular complexity index is 1020. The highest BCUT2D eigenvalue weighted by Gasteiger charge is 2.28. The molecule has 1 unspecified atom stereocenters. The molecule has 6 nitrogen and oxygen atoms in total. The number of fused-ring (bicyclic) bond motifs is 1. The minimum Gasteiger partial charge on any atom is -0.489 e. The first-order chi connectivity index (χ1) is 17.3. The first-order valence-electron chi connectivity index (χ1n) is 13.1. The van der Waals surface area contributed by atoms with Crippen LogP contribution in [0.5, 0.6) is 5.75 Å². The summed E-state index contributed by atoms with van der Waals surface area (Å²) in [6.07, 6.45) is 5.37. The average Bonchev–Trinajstić information content (AvgIpc) is 3.26. The summed E-state index contributed by atoms with van der Waals surface area (Å²) < 4.78 is 10.8. The number of unbranched alkanes of at least 4 members (excludes halogenated alkanes) is 1. The van der Waals surface area contributed by atoms with Gasteiger partial charge in [-0.25, -0.2) is 0 Å². The van der Waals surface area contributed by atoms with E-state index in [-0.39, 0.29) is 18.1 Å². The Morgan fingerprint density at radius 2 is 1.92 bits per heavy atom. The lowest BCUT2D eigenvalue weighted by atomic mass is 9.88. The Morgan fingerprint density at radius 3 is 2.58 bits per heavy atom. The van der Waals surface area contributed by atoms with Crippen molar-refractivity contribution in [3.05, 3.63) is 64.7 Å². The van der Waals surface area contributed by atoms with Crippen molar-refractivity contribution in [2.75, 3.05) is 19.8 Å². The molecule has 1 aliphatic carbocycles. The molecule has 6 heteroatoms. The van der Waals surface area contributed by atoms with E-state index in [1.54, 1.807) is 13.0 Å². The number of hydrogen-bond donors (Lipinski definition) is 2. The van der Waals surface area contributed by atoms with Gasteiger partial charge in [-0.05, 0) is 94.0 Å². The zero-order valence-electron chi connectivity index (χ0n) is 21.9. The molecule has 0 radical (unpaired) electrons. The molecule has 3 rings (SSSR count). The molecule has 2 N–H and O–H groups in total.